The molecule has 1 aliphatic carbocycles. The predicted octanol–water partition coefficient (Wildman–Crippen LogP) is 2.95. The summed E-state index contributed by atoms with van der Waals surface area (Å²) in [6.45, 7) is 4.35. The molecule has 2 aliphatic rings. The van der Waals surface area contributed by atoms with Crippen molar-refractivity contribution in [3.8, 4) is 5.75 Å². The van der Waals surface area contributed by atoms with Crippen LogP contribution in [0.25, 0.3) is 0 Å². The van der Waals surface area contributed by atoms with Gasteiger partial charge in [-0.25, -0.2) is 4.39 Å². The number of anilines is 1. The van der Waals surface area contributed by atoms with Crippen molar-refractivity contribution in [3.63, 3.8) is 0 Å². The molecule has 0 amide bonds. The number of rotatable bonds is 5. The summed E-state index contributed by atoms with van der Waals surface area (Å²) in [5.74, 6) is 0.0857. The lowest BCUT2D eigenvalue weighted by Gasteiger charge is -2.35. The van der Waals surface area contributed by atoms with Crippen LogP contribution in [0.15, 0.2) is 18.2 Å². The van der Waals surface area contributed by atoms with Gasteiger partial charge in [0.1, 0.15) is 0 Å². The summed E-state index contributed by atoms with van der Waals surface area (Å²) < 4.78 is 19.2. The van der Waals surface area contributed by atoms with Crippen molar-refractivity contribution >= 4 is 5.69 Å². The topological polar surface area (TPSA) is 24.5 Å². The molecule has 1 aromatic rings. The van der Waals surface area contributed by atoms with Gasteiger partial charge in [0.2, 0.25) is 0 Å². The van der Waals surface area contributed by atoms with Crippen molar-refractivity contribution in [3.05, 3.63) is 24.0 Å². The highest BCUT2D eigenvalue weighted by Gasteiger charge is 2.27. The second-order valence-electron chi connectivity index (χ2n) is 5.77. The lowest BCUT2D eigenvalue weighted by Crippen LogP contribution is -2.46. The second kappa shape index (κ2) is 6.00. The molecule has 3 nitrogen and oxygen atoms in total. The van der Waals surface area contributed by atoms with Crippen LogP contribution in [0.2, 0.25) is 0 Å². The Balaban J connectivity index is 1.66. The summed E-state index contributed by atoms with van der Waals surface area (Å²) in [5.41, 5.74) is 0.966. The van der Waals surface area contributed by atoms with Crippen molar-refractivity contribution < 1.29 is 9.13 Å². The zero-order valence-corrected chi connectivity index (χ0v) is 12.1. The lowest BCUT2D eigenvalue weighted by molar-refractivity contribution is 0.321. The van der Waals surface area contributed by atoms with Crippen molar-refractivity contribution in [1.82, 2.24) is 5.32 Å². The van der Waals surface area contributed by atoms with E-state index in [0.717, 1.165) is 24.8 Å². The highest BCUT2D eigenvalue weighted by Crippen LogP contribution is 2.27. The van der Waals surface area contributed by atoms with Crippen LogP contribution in [0.4, 0.5) is 10.1 Å². The summed E-state index contributed by atoms with van der Waals surface area (Å²) in [4.78, 5) is 2.28. The SMILES string of the molecule is CCOc1ccc(N2CCCC(NC3CC3)C2)cc1F. The zero-order chi connectivity index (χ0) is 13.9. The fraction of sp³-hybridized carbons (Fsp3) is 0.625. The van der Waals surface area contributed by atoms with E-state index in [0.29, 0.717) is 18.4 Å². The van der Waals surface area contributed by atoms with E-state index in [9.17, 15) is 4.39 Å². The molecule has 0 spiro atoms. The molecule has 1 heterocycles. The summed E-state index contributed by atoms with van der Waals surface area (Å²) >= 11 is 0. The lowest BCUT2D eigenvalue weighted by atomic mass is 10.0. The molecule has 3 rings (SSSR count). The fourth-order valence-corrected chi connectivity index (χ4v) is 2.89. The number of halogens is 1. The molecule has 0 radical (unpaired) electrons. The van der Waals surface area contributed by atoms with Gasteiger partial charge in [-0.3, -0.25) is 0 Å². The maximum atomic E-state index is 13.9. The van der Waals surface area contributed by atoms with Crippen molar-refractivity contribution in [2.75, 3.05) is 24.6 Å². The van der Waals surface area contributed by atoms with E-state index >= 15 is 0 Å². The highest BCUT2D eigenvalue weighted by atomic mass is 19.1. The van der Waals surface area contributed by atoms with Gasteiger partial charge in [-0.1, -0.05) is 0 Å². The highest BCUT2D eigenvalue weighted by molar-refractivity contribution is 5.50. The van der Waals surface area contributed by atoms with Gasteiger partial charge in [-0.2, -0.15) is 0 Å². The third-order valence-corrected chi connectivity index (χ3v) is 4.05. The third-order valence-electron chi connectivity index (χ3n) is 4.05. The Hall–Kier alpha value is -1.29. The average molecular weight is 278 g/mol. The molecule has 1 unspecified atom stereocenters. The van der Waals surface area contributed by atoms with E-state index in [1.54, 1.807) is 12.1 Å². The Morgan fingerprint density at radius 1 is 1.30 bits per heavy atom. The number of ether oxygens (including phenoxy) is 1. The zero-order valence-electron chi connectivity index (χ0n) is 12.1. The minimum Gasteiger partial charge on any atom is -0.491 e. The van der Waals surface area contributed by atoms with E-state index < -0.39 is 0 Å². The van der Waals surface area contributed by atoms with E-state index in [-0.39, 0.29) is 5.82 Å². The van der Waals surface area contributed by atoms with Gasteiger partial charge in [0.05, 0.1) is 6.61 Å². The molecular formula is C16H23FN2O. The van der Waals surface area contributed by atoms with E-state index in [4.69, 9.17) is 4.74 Å². The minimum absolute atomic E-state index is 0.262. The van der Waals surface area contributed by atoms with Gasteiger partial charge >= 0.3 is 0 Å². The number of hydrogen-bond acceptors (Lipinski definition) is 3. The molecule has 110 valence electrons. The van der Waals surface area contributed by atoms with Crippen LogP contribution in [0.5, 0.6) is 5.75 Å². The standard InChI is InChI=1S/C16H23FN2O/c1-2-20-16-8-7-14(10-15(16)17)19-9-3-4-13(11-19)18-12-5-6-12/h7-8,10,12-13,18H,2-6,9,11H2,1H3. The van der Waals surface area contributed by atoms with Gasteiger partial charge in [-0.05, 0) is 44.7 Å². The summed E-state index contributed by atoms with van der Waals surface area (Å²) in [7, 11) is 0. The van der Waals surface area contributed by atoms with Gasteiger partial charge in [0, 0.05) is 36.9 Å². The molecule has 0 bridgehead atoms. The van der Waals surface area contributed by atoms with Crippen LogP contribution >= 0.6 is 0 Å². The molecule has 4 heteroatoms. The number of hydrogen-bond donors (Lipinski definition) is 1. The Morgan fingerprint density at radius 3 is 2.85 bits per heavy atom. The molecule has 1 aliphatic heterocycles. The largest absolute Gasteiger partial charge is 0.491 e. The molecule has 1 saturated carbocycles. The van der Waals surface area contributed by atoms with Crippen LogP contribution in [0, 0.1) is 5.82 Å². The molecule has 1 aromatic carbocycles. The van der Waals surface area contributed by atoms with E-state index in [1.165, 1.54) is 25.7 Å². The van der Waals surface area contributed by atoms with Gasteiger partial charge in [0.25, 0.3) is 0 Å². The molecule has 0 aromatic heterocycles. The van der Waals surface area contributed by atoms with Crippen LogP contribution < -0.4 is 15.0 Å². The molecule has 1 saturated heterocycles. The minimum atomic E-state index is -0.262. The van der Waals surface area contributed by atoms with Gasteiger partial charge in [0.15, 0.2) is 11.6 Å². The first-order valence-electron chi connectivity index (χ1n) is 7.69. The smallest absolute Gasteiger partial charge is 0.167 e. The molecular weight excluding hydrogens is 255 g/mol. The molecule has 1 N–H and O–H groups in total. The Kier molecular flexibility index (Phi) is 4.10. The van der Waals surface area contributed by atoms with Crippen molar-refractivity contribution in [1.29, 1.82) is 0 Å². The quantitative estimate of drug-likeness (QED) is 0.896. The maximum absolute atomic E-state index is 13.9. The van der Waals surface area contributed by atoms with Crippen LogP contribution in [-0.2, 0) is 0 Å². The van der Waals surface area contributed by atoms with E-state index in [1.807, 2.05) is 13.0 Å². The maximum Gasteiger partial charge on any atom is 0.167 e. The number of piperidine rings is 1. The fourth-order valence-electron chi connectivity index (χ4n) is 2.89. The van der Waals surface area contributed by atoms with Crippen molar-refractivity contribution in [2.45, 2.75) is 44.7 Å². The summed E-state index contributed by atoms with van der Waals surface area (Å²) in [5, 5.41) is 3.68. The normalized spacial score (nSPS) is 22.9. The Bertz CT molecular complexity index is 462. The predicted molar refractivity (Wildman–Crippen MR) is 79.0 cm³/mol. The van der Waals surface area contributed by atoms with Crippen LogP contribution in [0.3, 0.4) is 0 Å². The van der Waals surface area contributed by atoms with E-state index in [2.05, 4.69) is 10.2 Å². The Morgan fingerprint density at radius 2 is 2.15 bits per heavy atom. The first kappa shape index (κ1) is 13.7. The second-order valence-corrected chi connectivity index (χ2v) is 5.77. The number of benzene rings is 1. The molecule has 1 atom stereocenters. The van der Waals surface area contributed by atoms with Crippen molar-refractivity contribution in [2.24, 2.45) is 0 Å². The third kappa shape index (κ3) is 3.23. The first-order chi connectivity index (χ1) is 9.76. The summed E-state index contributed by atoms with van der Waals surface area (Å²) in [6, 6.07) is 6.59. The van der Waals surface area contributed by atoms with Crippen LogP contribution in [-0.4, -0.2) is 31.8 Å². The Labute approximate surface area is 120 Å². The number of nitrogens with one attached hydrogen (secondary N) is 1. The molecule has 20 heavy (non-hydrogen) atoms. The van der Waals surface area contributed by atoms with Crippen LogP contribution in [0.1, 0.15) is 32.6 Å². The van der Waals surface area contributed by atoms with Gasteiger partial charge < -0.3 is 15.0 Å². The summed E-state index contributed by atoms with van der Waals surface area (Å²) in [6.07, 6.45) is 5.02. The van der Waals surface area contributed by atoms with Gasteiger partial charge in [-0.15, -0.1) is 0 Å². The monoisotopic (exact) mass is 278 g/mol. The first-order valence-corrected chi connectivity index (χ1v) is 7.69. The average Bonchev–Trinajstić information content (AvgIpc) is 3.25. The molecule has 2 fully saturated rings. The number of nitrogens with zero attached hydrogens (tertiary/aromatic N) is 1.